The van der Waals surface area contributed by atoms with E-state index in [9.17, 15) is 13.6 Å². The summed E-state index contributed by atoms with van der Waals surface area (Å²) >= 11 is 0. The Morgan fingerprint density at radius 3 is 2.65 bits per heavy atom. The van der Waals surface area contributed by atoms with Gasteiger partial charge >= 0.3 is 0 Å². The lowest BCUT2D eigenvalue weighted by molar-refractivity contribution is 0.0743. The monoisotopic (exact) mass is 240 g/mol. The Morgan fingerprint density at radius 1 is 1.41 bits per heavy atom. The summed E-state index contributed by atoms with van der Waals surface area (Å²) in [5.41, 5.74) is 5.33. The van der Waals surface area contributed by atoms with E-state index in [0.29, 0.717) is 13.1 Å². The van der Waals surface area contributed by atoms with Gasteiger partial charge in [0, 0.05) is 25.2 Å². The Bertz CT molecular complexity index is 433. The molecule has 0 aromatic heterocycles. The minimum atomic E-state index is -0.822. The van der Waals surface area contributed by atoms with E-state index in [0.717, 1.165) is 25.0 Å². The van der Waals surface area contributed by atoms with Crippen molar-refractivity contribution < 1.29 is 13.6 Å². The molecule has 2 N–H and O–H groups in total. The number of carbonyl (C=O) groups excluding carboxylic acids is 1. The highest BCUT2D eigenvalue weighted by atomic mass is 19.1. The van der Waals surface area contributed by atoms with Gasteiger partial charge in [0.05, 0.1) is 5.56 Å². The van der Waals surface area contributed by atoms with Crippen LogP contribution >= 0.6 is 0 Å². The van der Waals surface area contributed by atoms with Crippen LogP contribution in [0.1, 0.15) is 23.2 Å². The van der Waals surface area contributed by atoms with Crippen molar-refractivity contribution in [3.8, 4) is 0 Å². The molecule has 1 amide bonds. The van der Waals surface area contributed by atoms with E-state index in [-0.39, 0.29) is 11.6 Å². The van der Waals surface area contributed by atoms with Crippen LogP contribution in [-0.4, -0.2) is 29.9 Å². The molecule has 0 unspecified atom stereocenters. The normalized spacial score (nSPS) is 14.8. The Kier molecular flexibility index (Phi) is 3.38. The fourth-order valence-corrected chi connectivity index (χ4v) is 1.79. The summed E-state index contributed by atoms with van der Waals surface area (Å²) in [6.45, 7) is 0.741. The van der Waals surface area contributed by atoms with Crippen LogP contribution in [0.4, 0.5) is 8.78 Å². The molecule has 1 saturated carbocycles. The predicted molar refractivity (Wildman–Crippen MR) is 59.5 cm³/mol. The topological polar surface area (TPSA) is 46.3 Å². The van der Waals surface area contributed by atoms with Crippen LogP contribution in [0, 0.1) is 11.6 Å². The van der Waals surface area contributed by atoms with Gasteiger partial charge < -0.3 is 10.6 Å². The second-order valence-electron chi connectivity index (χ2n) is 4.14. The van der Waals surface area contributed by atoms with Crippen molar-refractivity contribution in [2.45, 2.75) is 18.9 Å². The minimum absolute atomic E-state index is 0.0910. The maximum atomic E-state index is 13.5. The van der Waals surface area contributed by atoms with E-state index < -0.39 is 17.5 Å². The largest absolute Gasteiger partial charge is 0.334 e. The first-order valence-corrected chi connectivity index (χ1v) is 5.59. The number of hydrogen-bond acceptors (Lipinski definition) is 2. The number of nitrogens with zero attached hydrogens (tertiary/aromatic N) is 1. The van der Waals surface area contributed by atoms with Crippen LogP contribution < -0.4 is 5.73 Å². The third-order valence-corrected chi connectivity index (χ3v) is 2.78. The minimum Gasteiger partial charge on any atom is -0.334 e. The summed E-state index contributed by atoms with van der Waals surface area (Å²) in [6.07, 6.45) is 1.85. The second kappa shape index (κ2) is 4.79. The number of nitrogens with two attached hydrogens (primary N) is 1. The van der Waals surface area contributed by atoms with Gasteiger partial charge in [-0.05, 0) is 25.0 Å². The molecule has 1 fully saturated rings. The first-order valence-electron chi connectivity index (χ1n) is 5.59. The average molecular weight is 240 g/mol. The van der Waals surface area contributed by atoms with Gasteiger partial charge in [-0.3, -0.25) is 4.79 Å². The smallest absolute Gasteiger partial charge is 0.257 e. The molecule has 92 valence electrons. The molecule has 0 bridgehead atoms. The van der Waals surface area contributed by atoms with E-state index in [1.165, 1.54) is 6.07 Å². The van der Waals surface area contributed by atoms with Gasteiger partial charge in [-0.15, -0.1) is 0 Å². The van der Waals surface area contributed by atoms with Gasteiger partial charge in [0.1, 0.15) is 11.6 Å². The fraction of sp³-hybridized carbons (Fsp3) is 0.417. The molecule has 0 aliphatic heterocycles. The molecule has 1 aliphatic carbocycles. The second-order valence-corrected chi connectivity index (χ2v) is 4.14. The Balaban J connectivity index is 2.22. The summed E-state index contributed by atoms with van der Waals surface area (Å²) in [5, 5.41) is 0. The Morgan fingerprint density at radius 2 is 2.12 bits per heavy atom. The van der Waals surface area contributed by atoms with Crippen molar-refractivity contribution in [1.82, 2.24) is 4.90 Å². The lowest BCUT2D eigenvalue weighted by Gasteiger charge is -2.21. The molecule has 1 aromatic rings. The zero-order chi connectivity index (χ0) is 12.4. The van der Waals surface area contributed by atoms with Gasteiger partial charge in [0.2, 0.25) is 0 Å². The van der Waals surface area contributed by atoms with Crippen LogP contribution in [0.15, 0.2) is 18.2 Å². The molecular formula is C12H14F2N2O. The summed E-state index contributed by atoms with van der Waals surface area (Å²) in [7, 11) is 0. The number of rotatable bonds is 4. The lowest BCUT2D eigenvalue weighted by Crippen LogP contribution is -2.37. The van der Waals surface area contributed by atoms with Crippen molar-refractivity contribution >= 4 is 5.91 Å². The molecular weight excluding hydrogens is 226 g/mol. The van der Waals surface area contributed by atoms with Crippen molar-refractivity contribution in [1.29, 1.82) is 0 Å². The molecule has 0 radical (unpaired) electrons. The van der Waals surface area contributed by atoms with Crippen molar-refractivity contribution in [3.05, 3.63) is 35.4 Å². The molecule has 0 atom stereocenters. The van der Waals surface area contributed by atoms with Crippen LogP contribution in [0.25, 0.3) is 0 Å². The number of benzene rings is 1. The van der Waals surface area contributed by atoms with Crippen LogP contribution in [0.3, 0.4) is 0 Å². The SMILES string of the molecule is NCCN(C(=O)c1ccc(F)cc1F)C1CC1. The lowest BCUT2D eigenvalue weighted by atomic mass is 10.1. The van der Waals surface area contributed by atoms with Gasteiger partial charge in [-0.25, -0.2) is 8.78 Å². The van der Waals surface area contributed by atoms with Crippen molar-refractivity contribution in [2.75, 3.05) is 13.1 Å². The summed E-state index contributed by atoms with van der Waals surface area (Å²) < 4.78 is 26.2. The zero-order valence-electron chi connectivity index (χ0n) is 9.33. The summed E-state index contributed by atoms with van der Waals surface area (Å²) in [5.74, 6) is -1.91. The van der Waals surface area contributed by atoms with Gasteiger partial charge in [-0.2, -0.15) is 0 Å². The number of halogens is 2. The molecule has 0 heterocycles. The quantitative estimate of drug-likeness (QED) is 0.867. The van der Waals surface area contributed by atoms with Gasteiger partial charge in [0.15, 0.2) is 0 Å². The molecule has 5 heteroatoms. The van der Waals surface area contributed by atoms with Crippen molar-refractivity contribution in [3.63, 3.8) is 0 Å². The standard InChI is InChI=1S/C12H14F2N2O/c13-8-1-4-10(11(14)7-8)12(17)16(6-5-15)9-2-3-9/h1,4,7,9H,2-3,5-6,15H2. The van der Waals surface area contributed by atoms with E-state index in [4.69, 9.17) is 5.73 Å². The van der Waals surface area contributed by atoms with Crippen molar-refractivity contribution in [2.24, 2.45) is 5.73 Å². The summed E-state index contributed by atoms with van der Waals surface area (Å²) in [4.78, 5) is 13.6. The first kappa shape index (κ1) is 12.0. The van der Waals surface area contributed by atoms with E-state index in [1.807, 2.05) is 0 Å². The molecule has 3 nitrogen and oxygen atoms in total. The van der Waals surface area contributed by atoms with Crippen LogP contribution in [0.5, 0.6) is 0 Å². The Labute approximate surface area is 98.2 Å². The van der Waals surface area contributed by atoms with Crippen LogP contribution in [0.2, 0.25) is 0 Å². The molecule has 0 saturated heterocycles. The third-order valence-electron chi connectivity index (χ3n) is 2.78. The predicted octanol–water partition coefficient (Wildman–Crippen LogP) is 1.53. The highest BCUT2D eigenvalue weighted by Gasteiger charge is 2.33. The van der Waals surface area contributed by atoms with E-state index >= 15 is 0 Å². The maximum absolute atomic E-state index is 13.5. The molecule has 1 aliphatic rings. The fourth-order valence-electron chi connectivity index (χ4n) is 1.79. The van der Waals surface area contributed by atoms with Gasteiger partial charge in [0.25, 0.3) is 5.91 Å². The molecule has 2 rings (SSSR count). The number of amides is 1. The molecule has 1 aromatic carbocycles. The maximum Gasteiger partial charge on any atom is 0.257 e. The van der Waals surface area contributed by atoms with E-state index in [2.05, 4.69) is 0 Å². The molecule has 0 spiro atoms. The highest BCUT2D eigenvalue weighted by molar-refractivity contribution is 5.94. The Hall–Kier alpha value is -1.49. The zero-order valence-corrected chi connectivity index (χ0v) is 9.33. The number of hydrogen-bond donors (Lipinski definition) is 1. The molecule has 17 heavy (non-hydrogen) atoms. The summed E-state index contributed by atoms with van der Waals surface area (Å²) in [6, 6.07) is 3.15. The highest BCUT2D eigenvalue weighted by Crippen LogP contribution is 2.28. The van der Waals surface area contributed by atoms with Crippen LogP contribution in [-0.2, 0) is 0 Å². The van der Waals surface area contributed by atoms with E-state index in [1.54, 1.807) is 4.90 Å². The van der Waals surface area contributed by atoms with Gasteiger partial charge in [-0.1, -0.05) is 0 Å². The number of carbonyl (C=O) groups is 1. The first-order chi connectivity index (χ1) is 8.13. The average Bonchev–Trinajstić information content (AvgIpc) is 3.09. The third kappa shape index (κ3) is 2.61.